The maximum absolute atomic E-state index is 8.59. The van der Waals surface area contributed by atoms with E-state index in [9.17, 15) is 0 Å². The van der Waals surface area contributed by atoms with Crippen LogP contribution in [-0.4, -0.2) is 37.3 Å². The van der Waals surface area contributed by atoms with Crippen molar-refractivity contribution in [3.63, 3.8) is 0 Å². The lowest BCUT2D eigenvalue weighted by Crippen LogP contribution is -2.17. The second kappa shape index (κ2) is 7.72. The van der Waals surface area contributed by atoms with Crippen molar-refractivity contribution >= 4 is 0 Å². The van der Waals surface area contributed by atoms with Gasteiger partial charge in [-0.2, -0.15) is 0 Å². The predicted molar refractivity (Wildman–Crippen MR) is 68.8 cm³/mol. The summed E-state index contributed by atoms with van der Waals surface area (Å²) < 4.78 is 5.11. The second-order valence-electron chi connectivity index (χ2n) is 3.85. The Balaban J connectivity index is 2.40. The highest BCUT2D eigenvalue weighted by Gasteiger charge is 1.98. The van der Waals surface area contributed by atoms with Gasteiger partial charge in [-0.3, -0.25) is 4.90 Å². The molecule has 3 nitrogen and oxygen atoms in total. The minimum atomic E-state index is 0.134. The van der Waals surface area contributed by atoms with Gasteiger partial charge in [0.15, 0.2) is 0 Å². The van der Waals surface area contributed by atoms with Gasteiger partial charge in [-0.25, -0.2) is 0 Å². The van der Waals surface area contributed by atoms with E-state index in [1.54, 1.807) is 7.11 Å². The lowest BCUT2D eigenvalue weighted by molar-refractivity contribution is 0.305. The SMILES string of the molecule is COc1ccc(CN(C)CC#CCCO)cc1. The van der Waals surface area contributed by atoms with Crippen LogP contribution < -0.4 is 4.74 Å². The van der Waals surface area contributed by atoms with Gasteiger partial charge in [0.2, 0.25) is 0 Å². The van der Waals surface area contributed by atoms with Gasteiger partial charge in [-0.05, 0) is 24.7 Å². The highest BCUT2D eigenvalue weighted by Crippen LogP contribution is 2.12. The molecule has 0 heterocycles. The number of nitrogens with zero attached hydrogens (tertiary/aromatic N) is 1. The summed E-state index contributed by atoms with van der Waals surface area (Å²) >= 11 is 0. The molecule has 0 amide bonds. The Morgan fingerprint density at radius 1 is 1.24 bits per heavy atom. The third kappa shape index (κ3) is 5.39. The van der Waals surface area contributed by atoms with Crippen molar-refractivity contribution in [3.8, 4) is 17.6 Å². The number of hydrogen-bond donors (Lipinski definition) is 1. The monoisotopic (exact) mass is 233 g/mol. The Hall–Kier alpha value is -1.50. The lowest BCUT2D eigenvalue weighted by Gasteiger charge is -2.13. The molecule has 1 aromatic rings. The predicted octanol–water partition coefficient (Wildman–Crippen LogP) is 1.51. The van der Waals surface area contributed by atoms with Gasteiger partial charge in [0.25, 0.3) is 0 Å². The quantitative estimate of drug-likeness (QED) is 0.783. The molecule has 3 heteroatoms. The minimum Gasteiger partial charge on any atom is -0.497 e. The summed E-state index contributed by atoms with van der Waals surface area (Å²) in [5.74, 6) is 6.80. The van der Waals surface area contributed by atoms with Crippen LogP contribution in [-0.2, 0) is 6.54 Å². The number of rotatable bonds is 5. The summed E-state index contributed by atoms with van der Waals surface area (Å²) in [6.45, 7) is 1.71. The van der Waals surface area contributed by atoms with E-state index in [1.165, 1.54) is 5.56 Å². The van der Waals surface area contributed by atoms with Crippen LogP contribution in [0.4, 0.5) is 0 Å². The van der Waals surface area contributed by atoms with Gasteiger partial charge in [0, 0.05) is 13.0 Å². The van der Waals surface area contributed by atoms with Gasteiger partial charge in [-0.1, -0.05) is 24.0 Å². The molecule has 0 saturated carbocycles. The highest BCUT2D eigenvalue weighted by molar-refractivity contribution is 5.27. The fraction of sp³-hybridized carbons (Fsp3) is 0.429. The van der Waals surface area contributed by atoms with Crippen molar-refractivity contribution in [2.75, 3.05) is 27.3 Å². The zero-order valence-corrected chi connectivity index (χ0v) is 10.4. The van der Waals surface area contributed by atoms with Crippen LogP contribution in [0.1, 0.15) is 12.0 Å². The molecule has 0 aliphatic carbocycles. The molecule has 0 unspecified atom stereocenters. The summed E-state index contributed by atoms with van der Waals surface area (Å²) in [5, 5.41) is 8.59. The van der Waals surface area contributed by atoms with E-state index < -0.39 is 0 Å². The van der Waals surface area contributed by atoms with Crippen molar-refractivity contribution in [1.29, 1.82) is 0 Å². The zero-order chi connectivity index (χ0) is 12.5. The van der Waals surface area contributed by atoms with Gasteiger partial charge >= 0.3 is 0 Å². The number of benzene rings is 1. The van der Waals surface area contributed by atoms with Crippen molar-refractivity contribution in [2.45, 2.75) is 13.0 Å². The van der Waals surface area contributed by atoms with Gasteiger partial charge in [-0.15, -0.1) is 0 Å². The maximum Gasteiger partial charge on any atom is 0.118 e. The third-order valence-corrected chi connectivity index (χ3v) is 2.32. The molecule has 0 fully saturated rings. The second-order valence-corrected chi connectivity index (χ2v) is 3.85. The number of ether oxygens (including phenoxy) is 1. The topological polar surface area (TPSA) is 32.7 Å². The molecule has 1 aromatic carbocycles. The van der Waals surface area contributed by atoms with Crippen LogP contribution in [0.15, 0.2) is 24.3 Å². The summed E-state index contributed by atoms with van der Waals surface area (Å²) in [5.41, 5.74) is 1.23. The van der Waals surface area contributed by atoms with Crippen LogP contribution >= 0.6 is 0 Å². The van der Waals surface area contributed by atoms with Crippen molar-refractivity contribution in [2.24, 2.45) is 0 Å². The van der Waals surface area contributed by atoms with E-state index in [4.69, 9.17) is 9.84 Å². The number of hydrogen-bond acceptors (Lipinski definition) is 3. The average molecular weight is 233 g/mol. The molecule has 17 heavy (non-hydrogen) atoms. The van der Waals surface area contributed by atoms with Crippen LogP contribution in [0.25, 0.3) is 0 Å². The third-order valence-electron chi connectivity index (χ3n) is 2.32. The largest absolute Gasteiger partial charge is 0.497 e. The Bertz CT molecular complexity index is 375. The van der Waals surface area contributed by atoms with E-state index in [0.717, 1.165) is 12.3 Å². The molecule has 1 rings (SSSR count). The molecular formula is C14H19NO2. The first kappa shape index (κ1) is 13.6. The molecule has 0 aliphatic rings. The molecular weight excluding hydrogens is 214 g/mol. The van der Waals surface area contributed by atoms with Crippen LogP contribution in [0.3, 0.4) is 0 Å². The van der Waals surface area contributed by atoms with Gasteiger partial charge in [0.1, 0.15) is 5.75 Å². The lowest BCUT2D eigenvalue weighted by atomic mass is 10.2. The van der Waals surface area contributed by atoms with Gasteiger partial charge in [0.05, 0.1) is 20.3 Å². The summed E-state index contributed by atoms with van der Waals surface area (Å²) in [6.07, 6.45) is 0.552. The first-order valence-corrected chi connectivity index (χ1v) is 5.64. The van der Waals surface area contributed by atoms with Crippen LogP contribution in [0, 0.1) is 11.8 Å². The molecule has 0 atom stereocenters. The molecule has 0 spiro atoms. The van der Waals surface area contributed by atoms with E-state index in [1.807, 2.05) is 19.2 Å². The van der Waals surface area contributed by atoms with E-state index >= 15 is 0 Å². The Kier molecular flexibility index (Phi) is 6.16. The van der Waals surface area contributed by atoms with Crippen LogP contribution in [0.5, 0.6) is 5.75 Å². The fourth-order valence-corrected chi connectivity index (χ4v) is 1.43. The Morgan fingerprint density at radius 3 is 2.53 bits per heavy atom. The smallest absolute Gasteiger partial charge is 0.118 e. The number of aliphatic hydroxyl groups is 1. The van der Waals surface area contributed by atoms with Crippen molar-refractivity contribution in [3.05, 3.63) is 29.8 Å². The molecule has 92 valence electrons. The zero-order valence-electron chi connectivity index (χ0n) is 10.4. The van der Waals surface area contributed by atoms with E-state index in [-0.39, 0.29) is 6.61 Å². The first-order chi connectivity index (χ1) is 8.26. The minimum absolute atomic E-state index is 0.134. The summed E-state index contributed by atoms with van der Waals surface area (Å²) in [6, 6.07) is 8.02. The molecule has 0 aromatic heterocycles. The molecule has 0 saturated heterocycles. The first-order valence-electron chi connectivity index (χ1n) is 5.64. The highest BCUT2D eigenvalue weighted by atomic mass is 16.5. The number of methoxy groups -OCH3 is 1. The normalized spacial score (nSPS) is 9.88. The van der Waals surface area contributed by atoms with Crippen molar-refractivity contribution < 1.29 is 9.84 Å². The van der Waals surface area contributed by atoms with E-state index in [2.05, 4.69) is 28.9 Å². The number of aliphatic hydroxyl groups excluding tert-OH is 1. The standard InChI is InChI=1S/C14H19NO2/c1-15(10-4-3-5-11-16)12-13-6-8-14(17-2)9-7-13/h6-9,16H,5,10-12H2,1-2H3. The maximum atomic E-state index is 8.59. The molecule has 0 radical (unpaired) electrons. The summed E-state index contributed by atoms with van der Waals surface area (Å²) in [4.78, 5) is 2.13. The molecule has 1 N–H and O–H groups in total. The Labute approximate surface area is 103 Å². The Morgan fingerprint density at radius 2 is 1.94 bits per heavy atom. The van der Waals surface area contributed by atoms with E-state index in [0.29, 0.717) is 13.0 Å². The van der Waals surface area contributed by atoms with Crippen LogP contribution in [0.2, 0.25) is 0 Å². The molecule has 0 aliphatic heterocycles. The molecule has 0 bridgehead atoms. The summed E-state index contributed by atoms with van der Waals surface area (Å²) in [7, 11) is 3.69. The average Bonchev–Trinajstić information content (AvgIpc) is 2.36. The van der Waals surface area contributed by atoms with Gasteiger partial charge < -0.3 is 9.84 Å². The fourth-order valence-electron chi connectivity index (χ4n) is 1.43. The van der Waals surface area contributed by atoms with Crippen molar-refractivity contribution in [1.82, 2.24) is 4.90 Å².